The van der Waals surface area contributed by atoms with Crippen LogP contribution in [0.1, 0.15) is 56.9 Å². The van der Waals surface area contributed by atoms with Crippen molar-refractivity contribution in [3.63, 3.8) is 0 Å². The van der Waals surface area contributed by atoms with Crippen molar-refractivity contribution in [1.82, 2.24) is 15.1 Å². The van der Waals surface area contributed by atoms with E-state index in [1.807, 2.05) is 17.0 Å². The fourth-order valence-electron chi connectivity index (χ4n) is 7.18. The van der Waals surface area contributed by atoms with E-state index in [4.69, 9.17) is 11.6 Å². The average molecular weight is 458 g/mol. The van der Waals surface area contributed by atoms with E-state index in [-0.39, 0.29) is 17.2 Å². The fourth-order valence-corrected chi connectivity index (χ4v) is 7.31. The molecule has 0 atom stereocenters. The van der Waals surface area contributed by atoms with Crippen molar-refractivity contribution >= 4 is 23.4 Å². The first-order chi connectivity index (χ1) is 15.5. The molecule has 1 heterocycles. The minimum Gasteiger partial charge on any atom is -0.356 e. The van der Waals surface area contributed by atoms with Crippen molar-refractivity contribution in [1.29, 1.82) is 0 Å². The third-order valence-corrected chi connectivity index (χ3v) is 8.67. The van der Waals surface area contributed by atoms with Crippen LogP contribution in [0.4, 0.5) is 0 Å². The molecule has 4 bridgehead atoms. The van der Waals surface area contributed by atoms with Gasteiger partial charge in [-0.25, -0.2) is 0 Å². The molecule has 1 saturated heterocycles. The van der Waals surface area contributed by atoms with E-state index in [0.717, 1.165) is 81.2 Å². The Kier molecular flexibility index (Phi) is 6.48. The van der Waals surface area contributed by atoms with Crippen LogP contribution in [-0.4, -0.2) is 54.3 Å². The summed E-state index contributed by atoms with van der Waals surface area (Å²) in [6.45, 7) is 4.89. The molecule has 6 rings (SSSR count). The van der Waals surface area contributed by atoms with Crippen LogP contribution in [0.5, 0.6) is 0 Å². The smallest absolute Gasteiger partial charge is 0.226 e. The number of carbonyl (C=O) groups excluding carboxylic acids is 2. The van der Waals surface area contributed by atoms with Crippen LogP contribution in [0.15, 0.2) is 24.3 Å². The van der Waals surface area contributed by atoms with Crippen molar-refractivity contribution in [2.75, 3.05) is 32.7 Å². The molecule has 0 radical (unpaired) electrons. The maximum Gasteiger partial charge on any atom is 0.226 e. The normalized spacial score (nSPS) is 31.7. The summed E-state index contributed by atoms with van der Waals surface area (Å²) in [5.41, 5.74) is 1.17. The quantitative estimate of drug-likeness (QED) is 0.627. The third-order valence-electron chi connectivity index (χ3n) is 8.42. The zero-order valence-electron chi connectivity index (χ0n) is 19.0. The van der Waals surface area contributed by atoms with Crippen LogP contribution in [-0.2, 0) is 16.1 Å². The van der Waals surface area contributed by atoms with E-state index >= 15 is 0 Å². The minimum absolute atomic E-state index is 0.0842. The monoisotopic (exact) mass is 457 g/mol. The van der Waals surface area contributed by atoms with Gasteiger partial charge in [0.15, 0.2) is 0 Å². The first kappa shape index (κ1) is 22.2. The highest BCUT2D eigenvalue weighted by atomic mass is 35.5. The van der Waals surface area contributed by atoms with Crippen molar-refractivity contribution in [3.05, 3.63) is 34.9 Å². The molecule has 1 N–H and O–H groups in total. The van der Waals surface area contributed by atoms with Crippen LogP contribution in [0.25, 0.3) is 0 Å². The summed E-state index contributed by atoms with van der Waals surface area (Å²) in [4.78, 5) is 30.0. The lowest BCUT2D eigenvalue weighted by molar-refractivity contribution is -0.146. The number of piperazine rings is 1. The molecular weight excluding hydrogens is 422 g/mol. The Hall–Kier alpha value is -1.59. The number of hydrogen-bond donors (Lipinski definition) is 1. The predicted octanol–water partition coefficient (Wildman–Crippen LogP) is 4.10. The lowest BCUT2D eigenvalue weighted by atomic mass is 9.49. The van der Waals surface area contributed by atoms with Crippen LogP contribution >= 0.6 is 11.6 Å². The van der Waals surface area contributed by atoms with E-state index in [1.165, 1.54) is 24.8 Å². The second-order valence-electron chi connectivity index (χ2n) is 10.8. The lowest BCUT2D eigenvalue weighted by Gasteiger charge is -2.55. The van der Waals surface area contributed by atoms with Crippen LogP contribution in [0.2, 0.25) is 5.02 Å². The standard InChI is InChI=1S/C26H36ClN3O2/c27-23-5-3-19(4-6-23)18-29-8-10-30(11-9-29)24(31)2-1-7-28-25(32)26-15-20-12-21(16-26)14-22(13-20)17-26/h3-6,20-22H,1-2,7-18H2,(H,28,32). The van der Waals surface area contributed by atoms with E-state index in [1.54, 1.807) is 0 Å². The largest absolute Gasteiger partial charge is 0.356 e. The lowest BCUT2D eigenvalue weighted by Crippen LogP contribution is -2.53. The topological polar surface area (TPSA) is 52.7 Å². The Morgan fingerprint density at radius 3 is 2.12 bits per heavy atom. The summed E-state index contributed by atoms with van der Waals surface area (Å²) in [5, 5.41) is 3.97. The molecule has 5 fully saturated rings. The summed E-state index contributed by atoms with van der Waals surface area (Å²) in [6.07, 6.45) is 8.63. The highest BCUT2D eigenvalue weighted by molar-refractivity contribution is 6.30. The summed E-state index contributed by atoms with van der Waals surface area (Å²) in [7, 11) is 0. The molecule has 5 aliphatic rings. The molecule has 5 nitrogen and oxygen atoms in total. The van der Waals surface area contributed by atoms with Gasteiger partial charge in [-0.3, -0.25) is 14.5 Å². The summed E-state index contributed by atoms with van der Waals surface area (Å²) in [6, 6.07) is 7.99. The molecule has 4 saturated carbocycles. The second-order valence-corrected chi connectivity index (χ2v) is 11.3. The molecule has 1 aliphatic heterocycles. The van der Waals surface area contributed by atoms with Gasteiger partial charge in [0, 0.05) is 56.1 Å². The minimum atomic E-state index is -0.0842. The summed E-state index contributed by atoms with van der Waals surface area (Å²) >= 11 is 5.97. The first-order valence-corrected chi connectivity index (χ1v) is 12.9. The second kappa shape index (κ2) is 9.34. The molecular formula is C26H36ClN3O2. The van der Waals surface area contributed by atoms with Gasteiger partial charge in [-0.05, 0) is 80.4 Å². The van der Waals surface area contributed by atoms with Crippen LogP contribution < -0.4 is 5.32 Å². The maximum atomic E-state index is 13.0. The predicted molar refractivity (Wildman–Crippen MR) is 126 cm³/mol. The number of nitrogens with one attached hydrogen (secondary N) is 1. The Labute approximate surface area is 196 Å². The van der Waals surface area contributed by atoms with Crippen LogP contribution in [0.3, 0.4) is 0 Å². The average Bonchev–Trinajstić information content (AvgIpc) is 2.77. The number of rotatable bonds is 7. The van der Waals surface area contributed by atoms with E-state index < -0.39 is 0 Å². The number of carbonyl (C=O) groups is 2. The van der Waals surface area contributed by atoms with E-state index in [2.05, 4.69) is 22.3 Å². The number of nitrogens with zero attached hydrogens (tertiary/aromatic N) is 2. The molecule has 2 amide bonds. The Bertz CT molecular complexity index is 797. The van der Waals surface area contributed by atoms with Gasteiger partial charge < -0.3 is 10.2 Å². The molecule has 1 aromatic carbocycles. The molecule has 6 heteroatoms. The molecule has 0 aromatic heterocycles. The third kappa shape index (κ3) is 4.84. The number of halogens is 1. The van der Waals surface area contributed by atoms with Gasteiger partial charge in [0.25, 0.3) is 0 Å². The number of benzene rings is 1. The fraction of sp³-hybridized carbons (Fsp3) is 0.692. The van der Waals surface area contributed by atoms with Crippen molar-refractivity contribution in [2.24, 2.45) is 23.2 Å². The zero-order valence-corrected chi connectivity index (χ0v) is 19.8. The number of hydrogen-bond acceptors (Lipinski definition) is 3. The highest BCUT2D eigenvalue weighted by Crippen LogP contribution is 2.60. The van der Waals surface area contributed by atoms with Gasteiger partial charge in [-0.1, -0.05) is 23.7 Å². The SMILES string of the molecule is O=C(CCCNC(=O)C12CC3CC(CC(C3)C1)C2)N1CCN(Cc2ccc(Cl)cc2)CC1. The molecule has 1 aromatic rings. The Balaban J connectivity index is 1.00. The van der Waals surface area contributed by atoms with Gasteiger partial charge in [-0.2, -0.15) is 0 Å². The van der Waals surface area contributed by atoms with E-state index in [9.17, 15) is 9.59 Å². The molecule has 174 valence electrons. The van der Waals surface area contributed by atoms with Crippen molar-refractivity contribution in [2.45, 2.75) is 57.9 Å². The molecule has 0 unspecified atom stereocenters. The van der Waals surface area contributed by atoms with Crippen molar-refractivity contribution in [3.8, 4) is 0 Å². The Morgan fingerprint density at radius 1 is 0.938 bits per heavy atom. The summed E-state index contributed by atoms with van der Waals surface area (Å²) in [5.74, 6) is 2.85. The van der Waals surface area contributed by atoms with Crippen molar-refractivity contribution < 1.29 is 9.59 Å². The van der Waals surface area contributed by atoms with Gasteiger partial charge in [0.05, 0.1) is 0 Å². The van der Waals surface area contributed by atoms with Gasteiger partial charge in [-0.15, -0.1) is 0 Å². The van der Waals surface area contributed by atoms with Gasteiger partial charge in [0.2, 0.25) is 11.8 Å². The summed E-state index contributed by atoms with van der Waals surface area (Å²) < 4.78 is 0. The molecule has 0 spiro atoms. The van der Waals surface area contributed by atoms with Gasteiger partial charge in [0.1, 0.15) is 0 Å². The highest BCUT2D eigenvalue weighted by Gasteiger charge is 2.54. The zero-order chi connectivity index (χ0) is 22.1. The van der Waals surface area contributed by atoms with E-state index in [0.29, 0.717) is 13.0 Å². The number of amides is 2. The molecule has 4 aliphatic carbocycles. The van der Waals surface area contributed by atoms with Gasteiger partial charge >= 0.3 is 0 Å². The maximum absolute atomic E-state index is 13.0. The van der Waals surface area contributed by atoms with Crippen LogP contribution in [0, 0.1) is 23.2 Å². The molecule has 32 heavy (non-hydrogen) atoms. The Morgan fingerprint density at radius 2 is 1.53 bits per heavy atom. The first-order valence-electron chi connectivity index (χ1n) is 12.5.